The molecular weight excluding hydrogens is 524 g/mol. The monoisotopic (exact) mass is 558 g/mol. The molecule has 3 rings (SSSR count). The van der Waals surface area contributed by atoms with E-state index >= 15 is 0 Å². The van der Waals surface area contributed by atoms with Gasteiger partial charge in [0.2, 0.25) is 5.78 Å². The summed E-state index contributed by atoms with van der Waals surface area (Å²) in [5, 5.41) is 2.68. The van der Waals surface area contributed by atoms with Gasteiger partial charge >= 0.3 is 11.9 Å². The largest absolute Gasteiger partial charge is 0.494 e. The molecule has 0 spiro atoms. The summed E-state index contributed by atoms with van der Waals surface area (Å²) in [6, 6.07) is 20.1. The van der Waals surface area contributed by atoms with Gasteiger partial charge in [0.05, 0.1) is 20.8 Å². The highest BCUT2D eigenvalue weighted by Gasteiger charge is 2.20. The summed E-state index contributed by atoms with van der Waals surface area (Å²) >= 11 is 0. The second kappa shape index (κ2) is 14.5. The van der Waals surface area contributed by atoms with Gasteiger partial charge in [0, 0.05) is 37.0 Å². The zero-order chi connectivity index (χ0) is 29.9. The molecule has 41 heavy (non-hydrogen) atoms. The lowest BCUT2D eigenvalue weighted by atomic mass is 10.0. The molecule has 1 amide bonds. The highest BCUT2D eigenvalue weighted by atomic mass is 16.5. The minimum Gasteiger partial charge on any atom is -0.494 e. The lowest BCUT2D eigenvalue weighted by Crippen LogP contribution is -2.25. The molecule has 214 valence electrons. The Kier molecular flexibility index (Phi) is 10.8. The topological polar surface area (TPSA) is 111 Å². The maximum absolute atomic E-state index is 12.7. The Morgan fingerprint density at radius 2 is 1.56 bits per heavy atom. The number of hydrogen-bond donors (Lipinski definition) is 1. The zero-order valence-corrected chi connectivity index (χ0v) is 23.9. The molecule has 9 nitrogen and oxygen atoms in total. The Hall–Kier alpha value is -4.92. The Morgan fingerprint density at radius 3 is 2.17 bits per heavy atom. The van der Waals surface area contributed by atoms with Crippen LogP contribution in [0.2, 0.25) is 0 Å². The predicted octanol–water partition coefficient (Wildman–Crippen LogP) is 4.51. The molecule has 0 atom stereocenters. The van der Waals surface area contributed by atoms with Gasteiger partial charge in [0.15, 0.2) is 0 Å². The lowest BCUT2D eigenvalue weighted by Gasteiger charge is -2.21. The molecule has 0 heterocycles. The van der Waals surface area contributed by atoms with Gasteiger partial charge in [-0.2, -0.15) is 0 Å². The molecule has 0 radical (unpaired) electrons. The molecule has 0 aliphatic rings. The van der Waals surface area contributed by atoms with Crippen molar-refractivity contribution in [2.45, 2.75) is 26.8 Å². The minimum absolute atomic E-state index is 0.0860. The number of Topliss-reactive ketones (excluding diaryl/α,β-unsaturated/α-hetero) is 1. The Balaban J connectivity index is 1.71. The van der Waals surface area contributed by atoms with Crippen LogP contribution in [0, 0.1) is 6.92 Å². The fourth-order valence-electron chi connectivity index (χ4n) is 4.07. The highest BCUT2D eigenvalue weighted by Crippen LogP contribution is 2.25. The van der Waals surface area contributed by atoms with Gasteiger partial charge in [0.1, 0.15) is 11.3 Å². The van der Waals surface area contributed by atoms with E-state index in [1.54, 1.807) is 24.3 Å². The number of hydrogen-bond acceptors (Lipinski definition) is 8. The van der Waals surface area contributed by atoms with Crippen molar-refractivity contribution in [1.82, 2.24) is 0 Å². The normalized spacial score (nSPS) is 10.3. The number of nitrogens with one attached hydrogen (secondary N) is 1. The van der Waals surface area contributed by atoms with Gasteiger partial charge in [0.25, 0.3) is 5.91 Å². The van der Waals surface area contributed by atoms with Crippen molar-refractivity contribution in [3.05, 3.63) is 94.6 Å². The van der Waals surface area contributed by atoms with E-state index in [4.69, 9.17) is 4.74 Å². The third-order valence-electron chi connectivity index (χ3n) is 6.30. The van der Waals surface area contributed by atoms with Crippen molar-refractivity contribution >= 4 is 41.1 Å². The van der Waals surface area contributed by atoms with Crippen molar-refractivity contribution in [3.63, 3.8) is 0 Å². The van der Waals surface area contributed by atoms with Gasteiger partial charge < -0.3 is 24.4 Å². The van der Waals surface area contributed by atoms with Gasteiger partial charge in [-0.25, -0.2) is 9.59 Å². The summed E-state index contributed by atoms with van der Waals surface area (Å²) in [6.07, 6.45) is 1.33. The number of amides is 1. The average molecular weight is 559 g/mol. The van der Waals surface area contributed by atoms with E-state index in [0.717, 1.165) is 16.8 Å². The van der Waals surface area contributed by atoms with Crippen LogP contribution in [-0.4, -0.2) is 51.5 Å². The number of ketones is 1. The molecule has 0 saturated heterocycles. The van der Waals surface area contributed by atoms with Crippen molar-refractivity contribution in [2.75, 3.05) is 38.1 Å². The molecule has 0 aliphatic carbocycles. The lowest BCUT2D eigenvalue weighted by molar-refractivity contribution is -0.143. The fourth-order valence-corrected chi connectivity index (χ4v) is 4.07. The van der Waals surface area contributed by atoms with Crippen LogP contribution in [0.5, 0.6) is 5.75 Å². The Morgan fingerprint density at radius 1 is 0.902 bits per heavy atom. The van der Waals surface area contributed by atoms with Crippen molar-refractivity contribution in [2.24, 2.45) is 0 Å². The number of nitrogens with zero attached hydrogens (tertiary/aromatic N) is 1. The van der Waals surface area contributed by atoms with Crippen LogP contribution in [0.25, 0.3) is 6.08 Å². The van der Waals surface area contributed by atoms with Crippen LogP contribution >= 0.6 is 0 Å². The maximum Gasteiger partial charge on any atom is 0.345 e. The molecule has 0 aromatic heterocycles. The number of rotatable bonds is 12. The molecule has 1 N–H and O–H groups in total. The minimum atomic E-state index is -0.778. The molecule has 3 aromatic rings. The first-order valence-corrected chi connectivity index (χ1v) is 13.0. The Bertz CT molecular complexity index is 1430. The molecule has 9 heteroatoms. The molecule has 0 bridgehead atoms. The van der Waals surface area contributed by atoms with Crippen LogP contribution in [-0.2, 0) is 41.6 Å². The van der Waals surface area contributed by atoms with E-state index in [2.05, 4.69) is 14.8 Å². The summed E-state index contributed by atoms with van der Waals surface area (Å²) in [7, 11) is 4.32. The predicted molar refractivity (Wildman–Crippen MR) is 157 cm³/mol. The highest BCUT2D eigenvalue weighted by molar-refractivity contribution is 6.41. The first-order valence-electron chi connectivity index (χ1n) is 13.0. The summed E-state index contributed by atoms with van der Waals surface area (Å²) in [4.78, 5) is 51.1. The summed E-state index contributed by atoms with van der Waals surface area (Å²) in [5.74, 6) is -2.24. The smallest absolute Gasteiger partial charge is 0.345 e. The number of carbonyl (C=O) groups is 4. The summed E-state index contributed by atoms with van der Waals surface area (Å²) in [5.41, 5.74) is 4.37. The van der Waals surface area contributed by atoms with Crippen LogP contribution in [0.4, 0.5) is 11.4 Å². The average Bonchev–Trinajstić information content (AvgIpc) is 2.97. The second-order valence-corrected chi connectivity index (χ2v) is 9.23. The molecule has 0 aliphatic heterocycles. The number of esters is 2. The second-order valence-electron chi connectivity index (χ2n) is 9.23. The summed E-state index contributed by atoms with van der Waals surface area (Å²) < 4.78 is 15.1. The van der Waals surface area contributed by atoms with E-state index in [1.807, 2.05) is 68.3 Å². The number of benzene rings is 3. The van der Waals surface area contributed by atoms with E-state index in [0.29, 0.717) is 35.7 Å². The van der Waals surface area contributed by atoms with Crippen LogP contribution in [0.1, 0.15) is 29.2 Å². The maximum atomic E-state index is 12.7. The van der Waals surface area contributed by atoms with Gasteiger partial charge in [-0.3, -0.25) is 9.59 Å². The first-order chi connectivity index (χ1) is 19.7. The molecular formula is C32H34N2O7. The standard InChI is InChI=1S/C32H34N2O7/c1-6-41-29-18-23(11-14-24(29)19-28(35)30(36)33-27-10-8-7-9-21(27)2)20-34(3)25-15-12-22(13-16-25)17-26(31(37)39-4)32(38)40-5/h7-18H,6,19-20H2,1-5H3,(H,33,36). The van der Waals surface area contributed by atoms with E-state index < -0.39 is 23.6 Å². The number of aryl methyl sites for hydroxylation is 1. The number of methoxy groups -OCH3 is 2. The molecule has 3 aromatic carbocycles. The van der Waals surface area contributed by atoms with Gasteiger partial charge in [-0.15, -0.1) is 0 Å². The van der Waals surface area contributed by atoms with Crippen LogP contribution < -0.4 is 15.0 Å². The molecule has 0 unspecified atom stereocenters. The fraction of sp³-hybridized carbons (Fsp3) is 0.250. The number of ether oxygens (including phenoxy) is 3. The quantitative estimate of drug-likeness (QED) is 0.114. The molecule has 0 saturated carbocycles. The number of anilines is 2. The van der Waals surface area contributed by atoms with E-state index in [9.17, 15) is 19.2 Å². The van der Waals surface area contributed by atoms with Gasteiger partial charge in [-0.05, 0) is 60.9 Å². The zero-order valence-electron chi connectivity index (χ0n) is 23.9. The third-order valence-corrected chi connectivity index (χ3v) is 6.30. The third kappa shape index (κ3) is 8.28. The van der Waals surface area contributed by atoms with Crippen LogP contribution in [0.3, 0.4) is 0 Å². The van der Waals surface area contributed by atoms with Crippen molar-refractivity contribution < 1.29 is 33.4 Å². The molecule has 0 fully saturated rings. The number of para-hydroxylation sites is 1. The summed E-state index contributed by atoms with van der Waals surface area (Å²) in [6.45, 7) is 4.66. The van der Waals surface area contributed by atoms with Crippen molar-refractivity contribution in [1.29, 1.82) is 0 Å². The van der Waals surface area contributed by atoms with Gasteiger partial charge in [-0.1, -0.05) is 42.5 Å². The Labute approximate surface area is 239 Å². The van der Waals surface area contributed by atoms with E-state index in [-0.39, 0.29) is 12.0 Å². The number of carbonyl (C=O) groups excluding carboxylic acids is 4. The SMILES string of the molecule is CCOc1cc(CN(C)c2ccc(C=C(C(=O)OC)C(=O)OC)cc2)ccc1CC(=O)C(=O)Nc1ccccc1C. The first kappa shape index (κ1) is 30.6. The van der Waals surface area contributed by atoms with Crippen molar-refractivity contribution in [3.8, 4) is 5.75 Å². The van der Waals surface area contributed by atoms with Crippen LogP contribution in [0.15, 0.2) is 72.3 Å². The van der Waals surface area contributed by atoms with E-state index in [1.165, 1.54) is 20.3 Å².